The van der Waals surface area contributed by atoms with Gasteiger partial charge in [-0.25, -0.2) is 9.97 Å². The first-order valence-electron chi connectivity index (χ1n) is 21.0. The summed E-state index contributed by atoms with van der Waals surface area (Å²) in [6.07, 6.45) is 5.52. The summed E-state index contributed by atoms with van der Waals surface area (Å²) >= 11 is 0. The first kappa shape index (κ1) is 36.3. The number of rotatable bonds is 8. The van der Waals surface area contributed by atoms with Crippen molar-refractivity contribution < 1.29 is 8.83 Å². The number of aromatic nitrogens is 3. The van der Waals surface area contributed by atoms with Gasteiger partial charge in [-0.2, -0.15) is 0 Å². The van der Waals surface area contributed by atoms with E-state index in [4.69, 9.17) is 18.8 Å². The van der Waals surface area contributed by atoms with Crippen LogP contribution in [0.1, 0.15) is 5.69 Å². The van der Waals surface area contributed by atoms with E-state index < -0.39 is 0 Å². The normalized spacial score (nSPS) is 12.0. The summed E-state index contributed by atoms with van der Waals surface area (Å²) < 4.78 is 15.7. The van der Waals surface area contributed by atoms with E-state index in [1.54, 1.807) is 6.08 Å². The molecule has 296 valence electrons. The number of furan rings is 2. The largest absolute Gasteiger partial charge is 0.456 e. The van der Waals surface area contributed by atoms with Crippen LogP contribution in [0.2, 0.25) is 0 Å². The summed E-state index contributed by atoms with van der Waals surface area (Å²) in [5, 5.41) is 6.44. The average molecular weight is 808 g/mol. The Bertz CT molecular complexity index is 3750. The third-order valence-electron chi connectivity index (χ3n) is 12.1. The Balaban J connectivity index is 1.18. The molecule has 0 atom stereocenters. The third kappa shape index (κ3) is 5.86. The van der Waals surface area contributed by atoms with E-state index in [-0.39, 0.29) is 0 Å². The standard InChI is InChI=1S/C58H37N3O2/c1-3-18-36(4-2)48-34-49(39-23-12-7-13-24-39)60-58(59-48)40-31-44(37-19-8-5-9-20-37)56(45(32-40)38-21-10-6-11-22-38)61-50-27-16-14-26-43(50)55-51(61)30-29-42-47-33-46-41-25-15-17-28-52(41)62-53(46)35-54(47)63-57(42)55/h3-35H,1-2H2/b36-18+. The summed E-state index contributed by atoms with van der Waals surface area (Å²) in [6, 6.07) is 63.5. The van der Waals surface area contributed by atoms with Crippen LogP contribution in [0.15, 0.2) is 222 Å². The van der Waals surface area contributed by atoms with Crippen LogP contribution < -0.4 is 0 Å². The van der Waals surface area contributed by atoms with Gasteiger partial charge in [-0.15, -0.1) is 0 Å². The van der Waals surface area contributed by atoms with E-state index in [0.717, 1.165) is 122 Å². The molecule has 0 saturated carbocycles. The number of hydrogen-bond acceptors (Lipinski definition) is 4. The number of allylic oxidation sites excluding steroid dienone is 4. The van der Waals surface area contributed by atoms with Gasteiger partial charge in [0.05, 0.1) is 33.5 Å². The molecule has 5 nitrogen and oxygen atoms in total. The number of benzene rings is 8. The Morgan fingerprint density at radius 2 is 1.10 bits per heavy atom. The fourth-order valence-corrected chi connectivity index (χ4v) is 9.29. The van der Waals surface area contributed by atoms with Crippen LogP contribution >= 0.6 is 0 Å². The predicted octanol–water partition coefficient (Wildman–Crippen LogP) is 15.8. The van der Waals surface area contributed by atoms with Gasteiger partial charge < -0.3 is 13.4 Å². The van der Waals surface area contributed by atoms with E-state index in [9.17, 15) is 0 Å². The quantitative estimate of drug-likeness (QED) is 0.144. The van der Waals surface area contributed by atoms with Crippen molar-refractivity contribution in [2.75, 3.05) is 0 Å². The van der Waals surface area contributed by atoms with Crippen LogP contribution in [0.4, 0.5) is 0 Å². The highest BCUT2D eigenvalue weighted by Crippen LogP contribution is 2.47. The Morgan fingerprint density at radius 1 is 0.476 bits per heavy atom. The molecule has 4 aromatic heterocycles. The Labute approximate surface area is 362 Å². The minimum atomic E-state index is 0.605. The molecule has 0 aliphatic rings. The zero-order chi connectivity index (χ0) is 42.0. The molecule has 0 spiro atoms. The summed E-state index contributed by atoms with van der Waals surface area (Å²) in [4.78, 5) is 10.5. The SMILES string of the molecule is C=C/C=C(\C=C)c1cc(-c2ccccc2)nc(-c2cc(-c3ccccc3)c(-n3c4ccccc4c4c5oc6cc7oc8ccccc8c7cc6c5ccc43)c(-c3ccccc3)c2)n1. The molecular formula is C58H37N3O2. The first-order valence-corrected chi connectivity index (χ1v) is 21.0. The van der Waals surface area contributed by atoms with Gasteiger partial charge in [-0.3, -0.25) is 0 Å². The molecule has 0 fully saturated rings. The van der Waals surface area contributed by atoms with E-state index in [1.165, 1.54) is 0 Å². The molecule has 0 radical (unpaired) electrons. The first-order chi connectivity index (χ1) is 31.1. The summed E-state index contributed by atoms with van der Waals surface area (Å²) in [6.45, 7) is 8.09. The molecular weight excluding hydrogens is 771 g/mol. The Kier molecular flexibility index (Phi) is 8.41. The third-order valence-corrected chi connectivity index (χ3v) is 12.1. The number of hydrogen-bond donors (Lipinski definition) is 0. The van der Waals surface area contributed by atoms with Gasteiger partial charge in [0.25, 0.3) is 0 Å². The van der Waals surface area contributed by atoms with Crippen molar-refractivity contribution in [1.82, 2.24) is 14.5 Å². The lowest BCUT2D eigenvalue weighted by Crippen LogP contribution is -2.03. The minimum absolute atomic E-state index is 0.605. The van der Waals surface area contributed by atoms with Crippen molar-refractivity contribution in [3.8, 4) is 50.6 Å². The maximum atomic E-state index is 6.93. The molecule has 12 rings (SSSR count). The average Bonchev–Trinajstić information content (AvgIpc) is 4.01. The molecule has 0 bridgehead atoms. The fourth-order valence-electron chi connectivity index (χ4n) is 9.29. The van der Waals surface area contributed by atoms with Crippen molar-refractivity contribution in [1.29, 1.82) is 0 Å². The molecule has 0 aliphatic heterocycles. The van der Waals surface area contributed by atoms with Crippen molar-refractivity contribution >= 4 is 71.3 Å². The Hall–Kier alpha value is -8.54. The molecule has 12 aromatic rings. The highest BCUT2D eigenvalue weighted by atomic mass is 16.3. The van der Waals surface area contributed by atoms with Gasteiger partial charge in [-0.1, -0.05) is 159 Å². The van der Waals surface area contributed by atoms with Crippen molar-refractivity contribution in [3.05, 3.63) is 219 Å². The number of para-hydroxylation sites is 2. The molecule has 0 unspecified atom stereocenters. The van der Waals surface area contributed by atoms with E-state index in [1.807, 2.05) is 54.6 Å². The van der Waals surface area contributed by atoms with Gasteiger partial charge in [-0.05, 0) is 65.2 Å². The van der Waals surface area contributed by atoms with Crippen LogP contribution in [-0.2, 0) is 0 Å². The lowest BCUT2D eigenvalue weighted by Gasteiger charge is -2.21. The molecule has 63 heavy (non-hydrogen) atoms. The topological polar surface area (TPSA) is 57.0 Å². The summed E-state index contributed by atoms with van der Waals surface area (Å²) in [7, 11) is 0. The zero-order valence-corrected chi connectivity index (χ0v) is 34.1. The van der Waals surface area contributed by atoms with Gasteiger partial charge in [0.15, 0.2) is 5.82 Å². The molecule has 4 heterocycles. The monoisotopic (exact) mass is 807 g/mol. The van der Waals surface area contributed by atoms with Gasteiger partial charge in [0, 0.05) is 55.3 Å². The van der Waals surface area contributed by atoms with E-state index in [2.05, 4.69) is 157 Å². The van der Waals surface area contributed by atoms with Crippen LogP contribution in [-0.4, -0.2) is 14.5 Å². The second kappa shape index (κ2) is 14.6. The molecule has 8 aromatic carbocycles. The van der Waals surface area contributed by atoms with Crippen molar-refractivity contribution in [3.63, 3.8) is 0 Å². The van der Waals surface area contributed by atoms with Crippen LogP contribution in [0.5, 0.6) is 0 Å². The second-order valence-corrected chi connectivity index (χ2v) is 15.8. The lowest BCUT2D eigenvalue weighted by molar-refractivity contribution is 0.658. The lowest BCUT2D eigenvalue weighted by atomic mass is 9.92. The van der Waals surface area contributed by atoms with Crippen molar-refractivity contribution in [2.45, 2.75) is 0 Å². The van der Waals surface area contributed by atoms with Gasteiger partial charge in [0.1, 0.15) is 22.3 Å². The molecule has 0 amide bonds. The molecule has 5 heteroatoms. The highest BCUT2D eigenvalue weighted by Gasteiger charge is 2.25. The summed E-state index contributed by atoms with van der Waals surface area (Å²) in [5.74, 6) is 0.605. The van der Waals surface area contributed by atoms with Gasteiger partial charge >= 0.3 is 0 Å². The molecule has 0 aliphatic carbocycles. The van der Waals surface area contributed by atoms with E-state index >= 15 is 0 Å². The predicted molar refractivity (Wildman–Crippen MR) is 261 cm³/mol. The molecule has 0 saturated heterocycles. The number of nitrogens with zero attached hydrogens (tertiary/aromatic N) is 3. The summed E-state index contributed by atoms with van der Waals surface area (Å²) in [5.41, 5.74) is 15.0. The highest BCUT2D eigenvalue weighted by molar-refractivity contribution is 6.25. The van der Waals surface area contributed by atoms with Crippen LogP contribution in [0, 0.1) is 0 Å². The fraction of sp³-hybridized carbons (Fsp3) is 0. The maximum Gasteiger partial charge on any atom is 0.160 e. The minimum Gasteiger partial charge on any atom is -0.456 e. The number of fused-ring (bicyclic) bond motifs is 10. The Morgan fingerprint density at radius 3 is 1.79 bits per heavy atom. The van der Waals surface area contributed by atoms with Gasteiger partial charge in [0.2, 0.25) is 0 Å². The van der Waals surface area contributed by atoms with Crippen molar-refractivity contribution in [2.24, 2.45) is 0 Å². The maximum absolute atomic E-state index is 6.93. The zero-order valence-electron chi connectivity index (χ0n) is 34.1. The van der Waals surface area contributed by atoms with Crippen LogP contribution in [0.25, 0.3) is 122 Å². The van der Waals surface area contributed by atoms with Crippen LogP contribution in [0.3, 0.4) is 0 Å². The smallest absolute Gasteiger partial charge is 0.160 e. The molecule has 0 N–H and O–H groups in total. The second-order valence-electron chi connectivity index (χ2n) is 15.8. The van der Waals surface area contributed by atoms with E-state index in [0.29, 0.717) is 5.82 Å².